The summed E-state index contributed by atoms with van der Waals surface area (Å²) in [4.78, 5) is 24.0. The van der Waals surface area contributed by atoms with Crippen LogP contribution in [0.1, 0.15) is 117 Å². The Morgan fingerprint density at radius 3 is 1.90 bits per heavy atom. The average molecular weight is 574 g/mol. The fourth-order valence-corrected chi connectivity index (χ4v) is 7.61. The molecule has 1 fully saturated rings. The first-order valence-electron chi connectivity index (χ1n) is 15.5. The largest absolute Gasteiger partial charge is 0.497 e. The molecule has 3 rings (SSSR count). The van der Waals surface area contributed by atoms with Crippen LogP contribution in [0.15, 0.2) is 38.0 Å². The smallest absolute Gasteiger partial charge is 0.269 e. The van der Waals surface area contributed by atoms with Crippen molar-refractivity contribution in [1.82, 2.24) is 4.90 Å². The van der Waals surface area contributed by atoms with Gasteiger partial charge in [0.25, 0.3) is 5.91 Å². The predicted molar refractivity (Wildman–Crippen MR) is 171 cm³/mol. The van der Waals surface area contributed by atoms with E-state index in [1.54, 1.807) is 18.9 Å². The number of rotatable bonds is 19. The number of hydrogen-bond acceptors (Lipinski definition) is 6. The number of fused-ring (bicyclic) bond motifs is 1. The summed E-state index contributed by atoms with van der Waals surface area (Å²) in [6.07, 6.45) is 21.9. The van der Waals surface area contributed by atoms with Gasteiger partial charge in [-0.1, -0.05) is 115 Å². The van der Waals surface area contributed by atoms with Crippen LogP contribution in [0.2, 0.25) is 0 Å². The zero-order chi connectivity index (χ0) is 27.9. The minimum Gasteiger partial charge on any atom is -0.497 e. The molecule has 0 aromatic heterocycles. The van der Waals surface area contributed by atoms with E-state index in [0.29, 0.717) is 6.54 Å². The summed E-state index contributed by atoms with van der Waals surface area (Å²) in [6.45, 7) is 5.76. The molecule has 7 heteroatoms. The van der Waals surface area contributed by atoms with Gasteiger partial charge >= 0.3 is 0 Å². The van der Waals surface area contributed by atoms with Crippen LogP contribution in [0.3, 0.4) is 0 Å². The van der Waals surface area contributed by atoms with Gasteiger partial charge in [0, 0.05) is 31.1 Å². The molecule has 1 amide bonds. The number of thioether (sulfide) groups is 2. The first-order valence-corrected chi connectivity index (χ1v) is 17.1. The number of anilines is 1. The molecule has 1 saturated heterocycles. The Bertz CT molecular complexity index is 963. The fraction of sp³-hybridized carbons (Fsp3) is 0.688. The quantitative estimate of drug-likeness (QED) is 0.122. The minimum atomic E-state index is 0.0716. The minimum absolute atomic E-state index is 0.0716. The first-order chi connectivity index (χ1) is 19.1. The molecule has 0 N–H and O–H groups in total. The van der Waals surface area contributed by atoms with Crippen LogP contribution in [-0.4, -0.2) is 43.2 Å². The van der Waals surface area contributed by atoms with Crippen LogP contribution < -0.4 is 9.64 Å². The number of likely N-dealkylation sites (N-methyl/N-ethyl adjacent to an activating group) is 1. The van der Waals surface area contributed by atoms with E-state index in [-0.39, 0.29) is 5.91 Å². The van der Waals surface area contributed by atoms with E-state index < -0.39 is 0 Å². The third-order valence-electron chi connectivity index (χ3n) is 7.67. The molecule has 2 aliphatic heterocycles. The average Bonchev–Trinajstić information content (AvgIpc) is 3.45. The fourth-order valence-electron chi connectivity index (χ4n) is 5.22. The Hall–Kier alpha value is -1.60. The number of hydrogen-bond donors (Lipinski definition) is 0. The zero-order valence-electron chi connectivity index (χ0n) is 24.9. The summed E-state index contributed by atoms with van der Waals surface area (Å²) in [5.41, 5.74) is 1.08. The Labute approximate surface area is 246 Å². The normalized spacial score (nSPS) is 18.1. The van der Waals surface area contributed by atoms with Gasteiger partial charge in [-0.25, -0.2) is 0 Å². The Morgan fingerprint density at radius 1 is 0.795 bits per heavy atom. The van der Waals surface area contributed by atoms with Crippen molar-refractivity contribution in [3.8, 4) is 5.75 Å². The monoisotopic (exact) mass is 573 g/mol. The highest BCUT2D eigenvalue weighted by Crippen LogP contribution is 2.50. The van der Waals surface area contributed by atoms with Gasteiger partial charge in [-0.15, -0.1) is 0 Å². The number of amidine groups is 1. The van der Waals surface area contributed by atoms with Crippen molar-refractivity contribution in [2.24, 2.45) is 4.99 Å². The third kappa shape index (κ3) is 9.77. The van der Waals surface area contributed by atoms with E-state index in [0.717, 1.165) is 44.4 Å². The number of carbonyl (C=O) groups is 1. The van der Waals surface area contributed by atoms with Crippen molar-refractivity contribution in [1.29, 1.82) is 0 Å². The molecular formula is C32H51N3O2S2. The summed E-state index contributed by atoms with van der Waals surface area (Å²) >= 11 is 3.19. The molecule has 5 nitrogen and oxygen atoms in total. The summed E-state index contributed by atoms with van der Waals surface area (Å²) in [6, 6.07) is 6.07. The number of benzene rings is 1. The molecular weight excluding hydrogens is 523 g/mol. The molecule has 0 spiro atoms. The first kappa shape index (κ1) is 31.9. The van der Waals surface area contributed by atoms with Crippen molar-refractivity contribution < 1.29 is 9.53 Å². The summed E-state index contributed by atoms with van der Waals surface area (Å²) in [5, 5.41) is 1.84. The number of unbranched alkanes of at least 4 members (excludes halogenated alkanes) is 15. The van der Waals surface area contributed by atoms with Gasteiger partial charge in [-0.3, -0.25) is 14.7 Å². The Kier molecular flexibility index (Phi) is 14.7. The van der Waals surface area contributed by atoms with E-state index in [2.05, 4.69) is 17.9 Å². The topological polar surface area (TPSA) is 45.1 Å². The highest BCUT2D eigenvalue weighted by Gasteiger charge is 2.38. The van der Waals surface area contributed by atoms with Gasteiger partial charge in [-0.05, 0) is 37.2 Å². The van der Waals surface area contributed by atoms with Gasteiger partial charge < -0.3 is 9.64 Å². The molecule has 0 atom stereocenters. The van der Waals surface area contributed by atoms with Crippen molar-refractivity contribution in [2.45, 2.75) is 121 Å². The van der Waals surface area contributed by atoms with Crippen molar-refractivity contribution in [3.63, 3.8) is 0 Å². The third-order valence-corrected chi connectivity index (χ3v) is 10.1. The second kappa shape index (κ2) is 18.0. The number of amides is 1. The molecule has 2 heterocycles. The second-order valence-electron chi connectivity index (χ2n) is 10.7. The summed E-state index contributed by atoms with van der Waals surface area (Å²) in [5.74, 6) is 0.899. The van der Waals surface area contributed by atoms with Gasteiger partial charge in [0.2, 0.25) is 0 Å². The van der Waals surface area contributed by atoms with E-state index in [4.69, 9.17) is 9.73 Å². The van der Waals surface area contributed by atoms with Crippen molar-refractivity contribution in [3.05, 3.63) is 28.1 Å². The van der Waals surface area contributed by atoms with Gasteiger partial charge in [0.15, 0.2) is 5.17 Å². The van der Waals surface area contributed by atoms with Crippen LogP contribution in [0.5, 0.6) is 5.75 Å². The molecule has 0 bridgehead atoms. The molecule has 2 aliphatic rings. The summed E-state index contributed by atoms with van der Waals surface area (Å²) < 4.78 is 5.39. The van der Waals surface area contributed by atoms with E-state index >= 15 is 0 Å². The number of ether oxygens (including phenoxy) is 1. The standard InChI is InChI=1S/C32H51N3O2S2/c1-5-7-8-9-10-11-12-13-14-15-16-17-18-19-20-21-24-33-32-35(6-2)30(36)29(39-32)31-34(3)27-25-26(37-4)22-23-28(27)38-31/h22-23,25H,5-21,24H2,1-4H3. The van der Waals surface area contributed by atoms with E-state index in [1.807, 2.05) is 31.0 Å². The molecule has 0 radical (unpaired) electrons. The molecule has 218 valence electrons. The van der Waals surface area contributed by atoms with Crippen LogP contribution in [0.4, 0.5) is 5.69 Å². The zero-order valence-corrected chi connectivity index (χ0v) is 26.6. The maximum Gasteiger partial charge on any atom is 0.269 e. The molecule has 0 saturated carbocycles. The number of methoxy groups -OCH3 is 1. The lowest BCUT2D eigenvalue weighted by Gasteiger charge is -2.15. The van der Waals surface area contributed by atoms with Gasteiger partial charge in [0.1, 0.15) is 10.7 Å². The second-order valence-corrected chi connectivity index (χ2v) is 12.8. The van der Waals surface area contributed by atoms with Crippen molar-refractivity contribution >= 4 is 40.3 Å². The van der Waals surface area contributed by atoms with Gasteiger partial charge in [-0.2, -0.15) is 0 Å². The lowest BCUT2D eigenvalue weighted by molar-refractivity contribution is -0.122. The Morgan fingerprint density at radius 2 is 1.36 bits per heavy atom. The lowest BCUT2D eigenvalue weighted by Crippen LogP contribution is -2.29. The maximum atomic E-state index is 13.2. The number of nitrogens with zero attached hydrogens (tertiary/aromatic N) is 3. The highest BCUT2D eigenvalue weighted by molar-refractivity contribution is 8.19. The van der Waals surface area contributed by atoms with Crippen LogP contribution >= 0.6 is 23.5 Å². The van der Waals surface area contributed by atoms with E-state index in [9.17, 15) is 4.79 Å². The molecule has 39 heavy (non-hydrogen) atoms. The predicted octanol–water partition coefficient (Wildman–Crippen LogP) is 9.62. The van der Waals surface area contributed by atoms with Crippen LogP contribution in [0, 0.1) is 0 Å². The highest BCUT2D eigenvalue weighted by atomic mass is 32.2. The van der Waals surface area contributed by atoms with Crippen LogP contribution in [0.25, 0.3) is 0 Å². The van der Waals surface area contributed by atoms with Gasteiger partial charge in [0.05, 0.1) is 17.8 Å². The Balaban J connectivity index is 1.30. The summed E-state index contributed by atoms with van der Waals surface area (Å²) in [7, 11) is 3.71. The molecule has 0 aliphatic carbocycles. The number of aliphatic imine (C=N–C) groups is 1. The lowest BCUT2D eigenvalue weighted by atomic mass is 10.0. The van der Waals surface area contributed by atoms with Crippen LogP contribution in [-0.2, 0) is 4.79 Å². The molecule has 0 unspecified atom stereocenters. The van der Waals surface area contributed by atoms with E-state index in [1.165, 1.54) is 108 Å². The SMILES string of the molecule is CCCCCCCCCCCCCCCCCCN=C1SC(=C2Sc3ccc(OC)cc3N2C)C(=O)N1CC. The molecule has 1 aromatic rings. The number of carbonyl (C=O) groups excluding carboxylic acids is 1. The maximum absolute atomic E-state index is 13.2. The van der Waals surface area contributed by atoms with Crippen molar-refractivity contribution in [2.75, 3.05) is 32.1 Å². The molecule has 1 aromatic carbocycles.